The number of methoxy groups -OCH3 is 1. The number of H-pyrrole nitrogens is 1. The van der Waals surface area contributed by atoms with E-state index in [4.69, 9.17) is 4.74 Å². The molecule has 0 aliphatic carbocycles. The maximum absolute atomic E-state index is 12.5. The first-order valence-electron chi connectivity index (χ1n) is 9.31. The van der Waals surface area contributed by atoms with Crippen molar-refractivity contribution in [1.82, 2.24) is 20.8 Å². The van der Waals surface area contributed by atoms with Gasteiger partial charge in [0.05, 0.1) is 25.3 Å². The van der Waals surface area contributed by atoms with E-state index in [0.717, 1.165) is 28.1 Å². The molecule has 150 valence electrons. The standard InChI is InChI=1S/C22H24N4O3/c1-15(27)25-21(18-7-9-19(29-2)10-8-18)13-22(28)23-14-16-3-5-17(6-4-16)20-11-12-24-26-20/h3-12,21H,13-14H2,1-2H3,(H,23,28)(H,24,26)(H,25,27)/t21-/m0/s1. The molecule has 1 heterocycles. The van der Waals surface area contributed by atoms with Gasteiger partial charge in [0.2, 0.25) is 11.8 Å². The third kappa shape index (κ3) is 5.68. The minimum absolute atomic E-state index is 0.141. The van der Waals surface area contributed by atoms with Gasteiger partial charge in [-0.3, -0.25) is 14.7 Å². The zero-order valence-corrected chi connectivity index (χ0v) is 16.4. The molecule has 0 saturated carbocycles. The molecular formula is C22H24N4O3. The van der Waals surface area contributed by atoms with E-state index >= 15 is 0 Å². The van der Waals surface area contributed by atoms with Gasteiger partial charge in [-0.05, 0) is 34.9 Å². The fraction of sp³-hybridized carbons (Fsp3) is 0.227. The summed E-state index contributed by atoms with van der Waals surface area (Å²) >= 11 is 0. The largest absolute Gasteiger partial charge is 0.497 e. The summed E-state index contributed by atoms with van der Waals surface area (Å²) in [6.07, 6.45) is 1.86. The molecule has 0 fully saturated rings. The number of hydrogen-bond donors (Lipinski definition) is 3. The summed E-state index contributed by atoms with van der Waals surface area (Å²) in [7, 11) is 1.59. The molecule has 3 aromatic rings. The van der Waals surface area contributed by atoms with Crippen LogP contribution in [0.15, 0.2) is 60.8 Å². The number of hydrogen-bond acceptors (Lipinski definition) is 4. The summed E-state index contributed by atoms with van der Waals surface area (Å²) in [6.45, 7) is 1.85. The van der Waals surface area contributed by atoms with Crippen LogP contribution < -0.4 is 15.4 Å². The van der Waals surface area contributed by atoms with Crippen LogP contribution in [0.2, 0.25) is 0 Å². The first-order valence-corrected chi connectivity index (χ1v) is 9.31. The van der Waals surface area contributed by atoms with Crippen LogP contribution in [0.1, 0.15) is 30.5 Å². The van der Waals surface area contributed by atoms with Crippen molar-refractivity contribution in [3.05, 3.63) is 71.9 Å². The Bertz CT molecular complexity index is 935. The van der Waals surface area contributed by atoms with Gasteiger partial charge in [-0.15, -0.1) is 0 Å². The Morgan fingerprint density at radius 1 is 1.07 bits per heavy atom. The summed E-state index contributed by atoms with van der Waals surface area (Å²) < 4.78 is 5.16. The maximum atomic E-state index is 12.5. The van der Waals surface area contributed by atoms with E-state index in [2.05, 4.69) is 20.8 Å². The Balaban J connectivity index is 1.58. The highest BCUT2D eigenvalue weighted by Gasteiger charge is 2.17. The van der Waals surface area contributed by atoms with Gasteiger partial charge in [0.25, 0.3) is 0 Å². The van der Waals surface area contributed by atoms with E-state index in [-0.39, 0.29) is 18.2 Å². The fourth-order valence-corrected chi connectivity index (χ4v) is 3.01. The van der Waals surface area contributed by atoms with Crippen molar-refractivity contribution in [2.75, 3.05) is 7.11 Å². The number of carbonyl (C=O) groups excluding carboxylic acids is 2. The average molecular weight is 392 g/mol. The molecule has 0 unspecified atom stereocenters. The van der Waals surface area contributed by atoms with Crippen LogP contribution in [-0.2, 0) is 16.1 Å². The summed E-state index contributed by atoms with van der Waals surface area (Å²) in [6, 6.07) is 16.7. The summed E-state index contributed by atoms with van der Waals surface area (Å²) in [5, 5.41) is 12.6. The monoisotopic (exact) mass is 392 g/mol. The number of benzene rings is 2. The third-order valence-electron chi connectivity index (χ3n) is 4.54. The first-order chi connectivity index (χ1) is 14.0. The molecule has 0 saturated heterocycles. The fourth-order valence-electron chi connectivity index (χ4n) is 3.01. The van der Waals surface area contributed by atoms with Crippen LogP contribution >= 0.6 is 0 Å². The van der Waals surface area contributed by atoms with Crippen molar-refractivity contribution in [2.24, 2.45) is 0 Å². The summed E-state index contributed by atoms with van der Waals surface area (Å²) in [4.78, 5) is 24.0. The molecular weight excluding hydrogens is 368 g/mol. The van der Waals surface area contributed by atoms with E-state index in [1.165, 1.54) is 6.92 Å². The lowest BCUT2D eigenvalue weighted by Gasteiger charge is -2.18. The van der Waals surface area contributed by atoms with Crippen molar-refractivity contribution in [1.29, 1.82) is 0 Å². The average Bonchev–Trinajstić information content (AvgIpc) is 3.27. The Morgan fingerprint density at radius 3 is 2.38 bits per heavy atom. The number of nitrogens with one attached hydrogen (secondary N) is 3. The minimum Gasteiger partial charge on any atom is -0.497 e. The Labute approximate surface area is 169 Å². The molecule has 1 atom stereocenters. The van der Waals surface area contributed by atoms with Gasteiger partial charge in [-0.25, -0.2) is 0 Å². The zero-order valence-electron chi connectivity index (χ0n) is 16.4. The predicted molar refractivity (Wildman–Crippen MR) is 110 cm³/mol. The van der Waals surface area contributed by atoms with Gasteiger partial charge in [0.15, 0.2) is 0 Å². The van der Waals surface area contributed by atoms with Crippen LogP contribution in [0.3, 0.4) is 0 Å². The van der Waals surface area contributed by atoms with Gasteiger partial charge in [-0.1, -0.05) is 36.4 Å². The van der Waals surface area contributed by atoms with Gasteiger partial charge < -0.3 is 15.4 Å². The lowest BCUT2D eigenvalue weighted by molar-refractivity contribution is -0.122. The molecule has 2 aromatic carbocycles. The van der Waals surface area contributed by atoms with Crippen LogP contribution in [0.25, 0.3) is 11.3 Å². The highest BCUT2D eigenvalue weighted by Crippen LogP contribution is 2.21. The second kappa shape index (κ2) is 9.54. The van der Waals surface area contributed by atoms with E-state index in [1.807, 2.05) is 54.6 Å². The van der Waals surface area contributed by atoms with Gasteiger partial charge in [0, 0.05) is 19.7 Å². The van der Waals surface area contributed by atoms with Crippen LogP contribution in [0.5, 0.6) is 5.75 Å². The molecule has 1 aromatic heterocycles. The van der Waals surface area contributed by atoms with Crippen LogP contribution in [0.4, 0.5) is 0 Å². The van der Waals surface area contributed by atoms with Crippen molar-refractivity contribution in [3.8, 4) is 17.0 Å². The van der Waals surface area contributed by atoms with Crippen molar-refractivity contribution < 1.29 is 14.3 Å². The zero-order chi connectivity index (χ0) is 20.6. The topological polar surface area (TPSA) is 96.1 Å². The number of ether oxygens (including phenoxy) is 1. The lowest BCUT2D eigenvalue weighted by atomic mass is 10.0. The number of nitrogens with zero attached hydrogens (tertiary/aromatic N) is 1. The lowest BCUT2D eigenvalue weighted by Crippen LogP contribution is -2.32. The summed E-state index contributed by atoms with van der Waals surface area (Å²) in [5.74, 6) is 0.392. The van der Waals surface area contributed by atoms with Crippen molar-refractivity contribution in [2.45, 2.75) is 25.9 Å². The molecule has 3 rings (SSSR count). The van der Waals surface area contributed by atoms with Crippen molar-refractivity contribution >= 4 is 11.8 Å². The molecule has 0 aliphatic heterocycles. The Kier molecular flexibility index (Phi) is 6.63. The summed E-state index contributed by atoms with van der Waals surface area (Å²) in [5.41, 5.74) is 3.81. The highest BCUT2D eigenvalue weighted by molar-refractivity contribution is 5.79. The molecule has 29 heavy (non-hydrogen) atoms. The smallest absolute Gasteiger partial charge is 0.222 e. The molecule has 0 spiro atoms. The Hall–Kier alpha value is -3.61. The molecule has 2 amide bonds. The molecule has 7 heteroatoms. The second-order valence-electron chi connectivity index (χ2n) is 6.67. The van der Waals surface area contributed by atoms with Crippen LogP contribution in [-0.4, -0.2) is 29.1 Å². The number of aromatic amines is 1. The maximum Gasteiger partial charge on any atom is 0.222 e. The molecule has 0 bridgehead atoms. The van der Waals surface area contributed by atoms with Crippen molar-refractivity contribution in [3.63, 3.8) is 0 Å². The highest BCUT2D eigenvalue weighted by atomic mass is 16.5. The molecule has 3 N–H and O–H groups in total. The number of rotatable bonds is 8. The second-order valence-corrected chi connectivity index (χ2v) is 6.67. The number of carbonyl (C=O) groups is 2. The molecule has 0 aliphatic rings. The number of amides is 2. The molecule has 0 radical (unpaired) electrons. The first kappa shape index (κ1) is 20.1. The Morgan fingerprint density at radius 2 is 1.79 bits per heavy atom. The minimum atomic E-state index is -0.402. The quantitative estimate of drug-likeness (QED) is 0.549. The van der Waals surface area contributed by atoms with E-state index < -0.39 is 6.04 Å². The SMILES string of the molecule is COc1ccc([C@H](CC(=O)NCc2ccc(-c3ccn[nH]3)cc2)NC(C)=O)cc1. The van der Waals surface area contributed by atoms with Gasteiger partial charge in [-0.2, -0.15) is 5.10 Å². The molecule has 7 nitrogen and oxygen atoms in total. The van der Waals surface area contributed by atoms with E-state index in [0.29, 0.717) is 6.54 Å². The van der Waals surface area contributed by atoms with Gasteiger partial charge in [0.1, 0.15) is 5.75 Å². The normalized spacial score (nSPS) is 11.5. The van der Waals surface area contributed by atoms with E-state index in [1.54, 1.807) is 13.3 Å². The third-order valence-corrected chi connectivity index (χ3v) is 4.54. The number of aromatic nitrogens is 2. The van der Waals surface area contributed by atoms with Crippen LogP contribution in [0, 0.1) is 0 Å². The predicted octanol–water partition coefficient (Wildman–Crippen LogP) is 2.97. The van der Waals surface area contributed by atoms with E-state index in [9.17, 15) is 9.59 Å². The van der Waals surface area contributed by atoms with Gasteiger partial charge >= 0.3 is 0 Å².